The van der Waals surface area contributed by atoms with E-state index in [1.165, 1.54) is 0 Å². The van der Waals surface area contributed by atoms with Crippen LogP contribution >= 0.6 is 35.3 Å². The Labute approximate surface area is 178 Å². The van der Waals surface area contributed by atoms with Crippen LogP contribution in [0.1, 0.15) is 17.1 Å². The lowest BCUT2D eigenvalue weighted by Crippen LogP contribution is -2.42. The van der Waals surface area contributed by atoms with Gasteiger partial charge in [-0.2, -0.15) is 13.2 Å². The van der Waals surface area contributed by atoms with Crippen molar-refractivity contribution in [3.63, 3.8) is 0 Å². The van der Waals surface area contributed by atoms with Crippen LogP contribution in [-0.4, -0.2) is 73.7 Å². The standard InChI is InChI=1S/C16H24F3N5OS.HI/c1-20-15(21-8-14-22-13(11-26-14)16(17,18)19)24-3-2-12(10-24)9-23-4-6-25-7-5-23;/h11-12H,2-10H2,1H3,(H,20,21);1H. The molecule has 1 atom stereocenters. The van der Waals surface area contributed by atoms with Gasteiger partial charge in [0.1, 0.15) is 5.01 Å². The number of aliphatic imine (C=N–C) groups is 1. The number of nitrogens with one attached hydrogen (secondary N) is 1. The van der Waals surface area contributed by atoms with E-state index < -0.39 is 11.9 Å². The zero-order chi connectivity index (χ0) is 18.6. The second kappa shape index (κ2) is 10.2. The summed E-state index contributed by atoms with van der Waals surface area (Å²) in [4.78, 5) is 12.5. The van der Waals surface area contributed by atoms with Crippen molar-refractivity contribution in [1.29, 1.82) is 0 Å². The Morgan fingerprint density at radius 1 is 1.37 bits per heavy atom. The quantitative estimate of drug-likeness (QED) is 0.377. The van der Waals surface area contributed by atoms with Crippen molar-refractivity contribution in [3.8, 4) is 0 Å². The fourth-order valence-corrected chi connectivity index (χ4v) is 4.07. The summed E-state index contributed by atoms with van der Waals surface area (Å²) in [5.74, 6) is 1.29. The predicted octanol–water partition coefficient (Wildman–Crippen LogP) is 2.51. The van der Waals surface area contributed by atoms with Gasteiger partial charge < -0.3 is 15.0 Å². The fourth-order valence-electron chi connectivity index (χ4n) is 3.33. The summed E-state index contributed by atoms with van der Waals surface area (Å²) in [6, 6.07) is 0. The van der Waals surface area contributed by atoms with Gasteiger partial charge in [0.2, 0.25) is 0 Å². The molecule has 3 heterocycles. The van der Waals surface area contributed by atoms with Gasteiger partial charge in [-0.15, -0.1) is 35.3 Å². The van der Waals surface area contributed by atoms with Gasteiger partial charge in [-0.25, -0.2) is 4.98 Å². The number of rotatable bonds is 4. The zero-order valence-corrected chi connectivity index (χ0v) is 18.3. The molecule has 0 spiro atoms. The number of aromatic nitrogens is 1. The minimum absolute atomic E-state index is 0. The monoisotopic (exact) mass is 519 g/mol. The van der Waals surface area contributed by atoms with E-state index in [9.17, 15) is 13.2 Å². The normalized spacial score (nSPS) is 22.0. The number of likely N-dealkylation sites (tertiary alicyclic amines) is 1. The molecule has 0 amide bonds. The molecule has 0 saturated carbocycles. The van der Waals surface area contributed by atoms with Crippen LogP contribution in [0.5, 0.6) is 0 Å². The van der Waals surface area contributed by atoms with Crippen LogP contribution < -0.4 is 5.32 Å². The van der Waals surface area contributed by atoms with Crippen LogP contribution in [0.4, 0.5) is 13.2 Å². The number of hydrogen-bond acceptors (Lipinski definition) is 5. The molecule has 0 aliphatic carbocycles. The molecule has 2 saturated heterocycles. The molecule has 1 aromatic heterocycles. The van der Waals surface area contributed by atoms with Gasteiger partial charge in [-0.1, -0.05) is 0 Å². The second-order valence-electron chi connectivity index (χ2n) is 6.54. The third kappa shape index (κ3) is 6.43. The molecule has 27 heavy (non-hydrogen) atoms. The van der Waals surface area contributed by atoms with Gasteiger partial charge in [0.05, 0.1) is 19.8 Å². The number of alkyl halides is 3. The van der Waals surface area contributed by atoms with Gasteiger partial charge in [0.15, 0.2) is 11.7 Å². The highest BCUT2D eigenvalue weighted by Crippen LogP contribution is 2.30. The largest absolute Gasteiger partial charge is 0.434 e. The van der Waals surface area contributed by atoms with Crippen LogP contribution in [0.25, 0.3) is 0 Å². The molecule has 1 aromatic rings. The van der Waals surface area contributed by atoms with E-state index in [0.29, 0.717) is 10.9 Å². The van der Waals surface area contributed by atoms with Gasteiger partial charge in [0.25, 0.3) is 0 Å². The van der Waals surface area contributed by atoms with Gasteiger partial charge in [-0.3, -0.25) is 9.89 Å². The average molecular weight is 519 g/mol. The Balaban J connectivity index is 0.00000261. The molecule has 0 aromatic carbocycles. The number of ether oxygens (including phenoxy) is 1. The van der Waals surface area contributed by atoms with E-state index in [1.54, 1.807) is 7.05 Å². The number of nitrogens with zero attached hydrogens (tertiary/aromatic N) is 4. The Bertz CT molecular complexity index is 621. The molecule has 2 aliphatic heterocycles. The summed E-state index contributed by atoms with van der Waals surface area (Å²) >= 11 is 1.01. The third-order valence-corrected chi connectivity index (χ3v) is 5.51. The molecule has 2 aliphatic rings. The van der Waals surface area contributed by atoms with E-state index in [2.05, 4.69) is 25.1 Å². The summed E-state index contributed by atoms with van der Waals surface area (Å²) in [7, 11) is 1.70. The zero-order valence-electron chi connectivity index (χ0n) is 15.2. The van der Waals surface area contributed by atoms with Crippen LogP contribution in [0.2, 0.25) is 0 Å². The maximum absolute atomic E-state index is 12.6. The topological polar surface area (TPSA) is 53.0 Å². The van der Waals surface area contributed by atoms with Crippen LogP contribution in [0.15, 0.2) is 10.4 Å². The third-order valence-electron chi connectivity index (χ3n) is 4.66. The van der Waals surface area contributed by atoms with Crippen LogP contribution in [0, 0.1) is 5.92 Å². The van der Waals surface area contributed by atoms with E-state index in [4.69, 9.17) is 4.74 Å². The Hall–Kier alpha value is -0.660. The van der Waals surface area contributed by atoms with Crippen molar-refractivity contribution in [3.05, 3.63) is 16.1 Å². The van der Waals surface area contributed by atoms with Crippen molar-refractivity contribution in [2.45, 2.75) is 19.1 Å². The molecule has 1 unspecified atom stereocenters. The first kappa shape index (κ1) is 22.6. The molecule has 1 N–H and O–H groups in total. The second-order valence-corrected chi connectivity index (χ2v) is 7.48. The van der Waals surface area contributed by atoms with Crippen LogP contribution in [0.3, 0.4) is 0 Å². The number of morpholine rings is 1. The summed E-state index contributed by atoms with van der Waals surface area (Å²) in [6.07, 6.45) is -3.30. The molecule has 2 fully saturated rings. The first-order chi connectivity index (χ1) is 12.5. The molecule has 3 rings (SSSR count). The van der Waals surface area contributed by atoms with E-state index >= 15 is 0 Å². The Morgan fingerprint density at radius 2 is 2.11 bits per heavy atom. The number of guanidine groups is 1. The first-order valence-electron chi connectivity index (χ1n) is 8.73. The average Bonchev–Trinajstić information content (AvgIpc) is 3.26. The summed E-state index contributed by atoms with van der Waals surface area (Å²) in [5.41, 5.74) is -0.832. The van der Waals surface area contributed by atoms with Crippen molar-refractivity contribution in [2.24, 2.45) is 10.9 Å². The smallest absolute Gasteiger partial charge is 0.379 e. The van der Waals surface area contributed by atoms with Crippen molar-refractivity contribution < 1.29 is 17.9 Å². The Morgan fingerprint density at radius 3 is 2.74 bits per heavy atom. The fraction of sp³-hybridized carbons (Fsp3) is 0.750. The summed E-state index contributed by atoms with van der Waals surface area (Å²) < 4.78 is 43.3. The highest BCUT2D eigenvalue weighted by atomic mass is 127. The summed E-state index contributed by atoms with van der Waals surface area (Å²) in [6.45, 7) is 6.67. The van der Waals surface area contributed by atoms with Crippen molar-refractivity contribution in [2.75, 3.05) is 53.0 Å². The minimum Gasteiger partial charge on any atom is -0.379 e. The van der Waals surface area contributed by atoms with E-state index in [0.717, 1.165) is 75.0 Å². The highest BCUT2D eigenvalue weighted by Gasteiger charge is 2.33. The predicted molar refractivity (Wildman–Crippen MR) is 110 cm³/mol. The minimum atomic E-state index is -4.39. The van der Waals surface area contributed by atoms with Gasteiger partial charge in [0, 0.05) is 45.2 Å². The van der Waals surface area contributed by atoms with E-state index in [1.807, 2.05) is 0 Å². The molecule has 11 heteroatoms. The van der Waals surface area contributed by atoms with E-state index in [-0.39, 0.29) is 30.5 Å². The molecular weight excluding hydrogens is 494 g/mol. The lowest BCUT2D eigenvalue weighted by Gasteiger charge is -2.29. The summed E-state index contributed by atoms with van der Waals surface area (Å²) in [5, 5.41) is 4.59. The molecule has 0 bridgehead atoms. The number of thiazole rings is 1. The SMILES string of the molecule is CN=C(NCc1nc(C(F)(F)F)cs1)N1CCC(CN2CCOCC2)C1.I. The lowest BCUT2D eigenvalue weighted by molar-refractivity contribution is -0.140. The van der Waals surface area contributed by atoms with Crippen molar-refractivity contribution in [1.82, 2.24) is 20.1 Å². The number of halogens is 4. The molecule has 154 valence electrons. The first-order valence-corrected chi connectivity index (χ1v) is 9.61. The highest BCUT2D eigenvalue weighted by molar-refractivity contribution is 14.0. The molecule has 6 nitrogen and oxygen atoms in total. The lowest BCUT2D eigenvalue weighted by atomic mass is 10.1. The van der Waals surface area contributed by atoms with Gasteiger partial charge >= 0.3 is 6.18 Å². The maximum Gasteiger partial charge on any atom is 0.434 e. The molecular formula is C16H25F3IN5OS. The Kier molecular flexibility index (Phi) is 8.56. The number of hydrogen-bond donors (Lipinski definition) is 1. The van der Waals surface area contributed by atoms with Gasteiger partial charge in [-0.05, 0) is 12.3 Å². The van der Waals surface area contributed by atoms with Crippen molar-refractivity contribution >= 4 is 41.3 Å². The maximum atomic E-state index is 12.6. The van der Waals surface area contributed by atoms with Crippen LogP contribution in [-0.2, 0) is 17.5 Å². The molecule has 0 radical (unpaired) electrons.